The van der Waals surface area contributed by atoms with Crippen molar-refractivity contribution < 1.29 is 23.8 Å². The molecule has 39 heavy (non-hydrogen) atoms. The van der Waals surface area contributed by atoms with Gasteiger partial charge in [0, 0.05) is 27.6 Å². The maximum absolute atomic E-state index is 12.8. The van der Waals surface area contributed by atoms with E-state index in [9.17, 15) is 9.59 Å². The summed E-state index contributed by atoms with van der Waals surface area (Å²) in [6.07, 6.45) is 0.505. The van der Waals surface area contributed by atoms with E-state index in [4.69, 9.17) is 37.4 Å². The average Bonchev–Trinajstić information content (AvgIpc) is 2.88. The van der Waals surface area contributed by atoms with Crippen molar-refractivity contribution in [1.82, 2.24) is 4.98 Å². The summed E-state index contributed by atoms with van der Waals surface area (Å²) in [5, 5.41) is 4.64. The number of carbonyl (C=O) groups excluding carboxylic acids is 2. The van der Waals surface area contributed by atoms with Gasteiger partial charge < -0.3 is 19.5 Å². The van der Waals surface area contributed by atoms with Crippen LogP contribution in [0.5, 0.6) is 17.2 Å². The summed E-state index contributed by atoms with van der Waals surface area (Å²) >= 11 is 12.5. The molecule has 1 aliphatic heterocycles. The van der Waals surface area contributed by atoms with E-state index in [2.05, 4.69) is 10.3 Å². The molecule has 1 aliphatic rings. The minimum atomic E-state index is -0.591. The number of esters is 1. The molecule has 7 nitrogen and oxygen atoms in total. The highest BCUT2D eigenvalue weighted by atomic mass is 35.5. The minimum absolute atomic E-state index is 0.309. The van der Waals surface area contributed by atoms with Crippen molar-refractivity contribution in [2.45, 2.75) is 38.7 Å². The van der Waals surface area contributed by atoms with Gasteiger partial charge in [0.05, 0.1) is 23.1 Å². The maximum atomic E-state index is 12.8. The third kappa shape index (κ3) is 6.27. The second kappa shape index (κ2) is 10.8. The molecule has 1 N–H and O–H groups in total. The zero-order valence-corrected chi connectivity index (χ0v) is 23.1. The van der Waals surface area contributed by atoms with Crippen LogP contribution in [0, 0.1) is 0 Å². The molecule has 1 aromatic heterocycles. The second-order valence-electron chi connectivity index (χ2n) is 10.2. The Hall–Kier alpha value is -3.81. The zero-order valence-electron chi connectivity index (χ0n) is 21.6. The van der Waals surface area contributed by atoms with Crippen LogP contribution < -0.4 is 14.8 Å². The van der Waals surface area contributed by atoms with Crippen molar-refractivity contribution >= 4 is 51.8 Å². The van der Waals surface area contributed by atoms with E-state index in [0.717, 1.165) is 10.9 Å². The number of ether oxygens (including phenoxy) is 3. The van der Waals surface area contributed by atoms with Crippen LogP contribution in [0.1, 0.15) is 49.0 Å². The number of hydrogen-bond acceptors (Lipinski definition) is 6. The van der Waals surface area contributed by atoms with Crippen LogP contribution >= 0.6 is 23.2 Å². The molecule has 0 radical (unpaired) electrons. The van der Waals surface area contributed by atoms with E-state index in [1.807, 2.05) is 32.9 Å². The molecule has 1 unspecified atom stereocenters. The van der Waals surface area contributed by atoms with Gasteiger partial charge in [0.2, 0.25) is 0 Å². The Bertz CT molecular complexity index is 1560. The van der Waals surface area contributed by atoms with Crippen LogP contribution in [0.2, 0.25) is 10.0 Å². The molecule has 0 fully saturated rings. The maximum Gasteiger partial charge on any atom is 0.314 e. The molecular weight excluding hydrogens is 539 g/mol. The fraction of sp³-hybridized carbons (Fsp3) is 0.233. The number of halogens is 2. The van der Waals surface area contributed by atoms with E-state index in [-0.39, 0.29) is 11.9 Å². The molecule has 0 saturated heterocycles. The number of fused-ring (bicyclic) bond motifs is 2. The first-order valence-corrected chi connectivity index (χ1v) is 13.2. The predicted octanol–water partition coefficient (Wildman–Crippen LogP) is 7.79. The van der Waals surface area contributed by atoms with Gasteiger partial charge in [-0.2, -0.15) is 0 Å². The molecule has 1 atom stereocenters. The number of nitrogens with zero attached hydrogens (tertiary/aromatic N) is 1. The Morgan fingerprint density at radius 3 is 2.51 bits per heavy atom. The third-order valence-electron chi connectivity index (χ3n) is 6.03. The number of benzene rings is 3. The first-order chi connectivity index (χ1) is 18.6. The largest absolute Gasteiger partial charge is 0.493 e. The number of carbonyl (C=O) groups is 2. The summed E-state index contributed by atoms with van der Waals surface area (Å²) < 4.78 is 17.4. The lowest BCUT2D eigenvalue weighted by Crippen LogP contribution is -2.30. The summed E-state index contributed by atoms with van der Waals surface area (Å²) in [4.78, 5) is 30.0. The summed E-state index contributed by atoms with van der Waals surface area (Å²) in [6, 6.07) is 18.9. The first-order valence-electron chi connectivity index (χ1n) is 12.4. The molecule has 2 heterocycles. The number of rotatable bonds is 5. The Kier molecular flexibility index (Phi) is 7.38. The van der Waals surface area contributed by atoms with Crippen molar-refractivity contribution in [3.63, 3.8) is 0 Å². The molecule has 3 aromatic carbocycles. The van der Waals surface area contributed by atoms with Gasteiger partial charge in [0.25, 0.3) is 5.91 Å². The van der Waals surface area contributed by atoms with E-state index in [1.165, 1.54) is 0 Å². The molecule has 200 valence electrons. The van der Waals surface area contributed by atoms with Crippen LogP contribution in [0.15, 0.2) is 66.7 Å². The highest BCUT2D eigenvalue weighted by Crippen LogP contribution is 2.42. The smallest absolute Gasteiger partial charge is 0.314 e. The number of hydrogen-bond donors (Lipinski definition) is 1. The van der Waals surface area contributed by atoms with E-state index in [1.54, 1.807) is 54.6 Å². The summed E-state index contributed by atoms with van der Waals surface area (Å²) in [7, 11) is 0. The molecular formula is C30H26Cl2N2O5. The molecule has 4 aromatic rings. The lowest BCUT2D eigenvalue weighted by Gasteiger charge is -2.28. The topological polar surface area (TPSA) is 86.8 Å². The van der Waals surface area contributed by atoms with E-state index >= 15 is 0 Å². The fourth-order valence-corrected chi connectivity index (χ4v) is 4.63. The normalized spacial score (nSPS) is 14.7. The molecule has 0 bridgehead atoms. The molecule has 1 amide bonds. The monoisotopic (exact) mass is 564 g/mol. The van der Waals surface area contributed by atoms with Gasteiger partial charge in [-0.25, -0.2) is 4.98 Å². The van der Waals surface area contributed by atoms with E-state index < -0.39 is 11.5 Å². The van der Waals surface area contributed by atoms with Crippen LogP contribution in [0.3, 0.4) is 0 Å². The predicted molar refractivity (Wildman–Crippen MR) is 151 cm³/mol. The molecule has 0 saturated carbocycles. The Morgan fingerprint density at radius 2 is 1.77 bits per heavy atom. The average molecular weight is 565 g/mol. The van der Waals surface area contributed by atoms with Crippen molar-refractivity contribution in [3.05, 3.63) is 87.9 Å². The molecule has 9 heteroatoms. The number of amides is 1. The summed E-state index contributed by atoms with van der Waals surface area (Å²) in [5.74, 6) is 0.724. The van der Waals surface area contributed by atoms with Crippen molar-refractivity contribution in [2.24, 2.45) is 0 Å². The van der Waals surface area contributed by atoms with Crippen LogP contribution in [-0.4, -0.2) is 29.1 Å². The first kappa shape index (κ1) is 26.8. The van der Waals surface area contributed by atoms with Gasteiger partial charge >= 0.3 is 5.97 Å². The SMILES string of the molecule is CC(C)(C)OC(=O)C1CCOc2cc(Oc3ccc(C(=O)Nc4ccc5cc(Cl)ccc5n4)cc3)c(Cl)cc21. The quantitative estimate of drug-likeness (QED) is 0.249. The van der Waals surface area contributed by atoms with E-state index in [0.29, 0.717) is 57.3 Å². The fourth-order valence-electron chi connectivity index (χ4n) is 4.24. The van der Waals surface area contributed by atoms with Crippen molar-refractivity contribution in [3.8, 4) is 17.2 Å². The Morgan fingerprint density at radius 1 is 1.00 bits per heavy atom. The summed E-state index contributed by atoms with van der Waals surface area (Å²) in [6.45, 7) is 5.88. The standard InChI is InChI=1S/C30H26Cl2N2O5/c1-30(2,3)39-29(36)21-12-13-37-25-16-26(23(32)15-22(21)25)38-20-8-4-17(5-9-20)28(35)34-27-11-6-18-14-19(31)7-10-24(18)33-27/h4-11,14-16,21H,12-13H2,1-3H3,(H,33,34,35). The highest BCUT2D eigenvalue weighted by molar-refractivity contribution is 6.32. The number of nitrogens with one attached hydrogen (secondary N) is 1. The van der Waals surface area contributed by atoms with Gasteiger partial charge in [-0.3, -0.25) is 9.59 Å². The Balaban J connectivity index is 1.28. The summed E-state index contributed by atoms with van der Waals surface area (Å²) in [5.41, 5.74) is 1.24. The number of pyridine rings is 1. The van der Waals surface area contributed by atoms with Crippen LogP contribution in [-0.2, 0) is 9.53 Å². The highest BCUT2D eigenvalue weighted by Gasteiger charge is 2.32. The van der Waals surface area contributed by atoms with Gasteiger partial charge in [-0.05, 0) is 87.9 Å². The van der Waals surface area contributed by atoms with Crippen molar-refractivity contribution in [2.75, 3.05) is 11.9 Å². The minimum Gasteiger partial charge on any atom is -0.493 e. The number of anilines is 1. The lowest BCUT2D eigenvalue weighted by atomic mass is 9.93. The van der Waals surface area contributed by atoms with Crippen LogP contribution in [0.4, 0.5) is 5.82 Å². The number of aromatic nitrogens is 1. The Labute approximate surface area is 236 Å². The third-order valence-corrected chi connectivity index (χ3v) is 6.56. The van der Waals surface area contributed by atoms with Gasteiger partial charge in [0.1, 0.15) is 28.7 Å². The van der Waals surface area contributed by atoms with Gasteiger partial charge in [-0.1, -0.05) is 23.2 Å². The zero-order chi connectivity index (χ0) is 27.7. The van der Waals surface area contributed by atoms with Gasteiger partial charge in [0.15, 0.2) is 0 Å². The van der Waals surface area contributed by atoms with Crippen LogP contribution in [0.25, 0.3) is 10.9 Å². The molecule has 5 rings (SSSR count). The second-order valence-corrected chi connectivity index (χ2v) is 11.0. The molecule has 0 spiro atoms. The molecule has 0 aliphatic carbocycles. The van der Waals surface area contributed by atoms with Crippen molar-refractivity contribution in [1.29, 1.82) is 0 Å². The lowest BCUT2D eigenvalue weighted by molar-refractivity contribution is -0.157. The van der Waals surface area contributed by atoms with Gasteiger partial charge in [-0.15, -0.1) is 0 Å².